The molecule has 0 bridgehead atoms. The first kappa shape index (κ1) is 32.5. The van der Waals surface area contributed by atoms with E-state index in [9.17, 15) is 27.6 Å². The lowest BCUT2D eigenvalue weighted by Gasteiger charge is -2.44. The van der Waals surface area contributed by atoms with E-state index in [1.165, 1.54) is 12.1 Å². The van der Waals surface area contributed by atoms with Crippen LogP contribution in [0.1, 0.15) is 41.8 Å². The number of rotatable bonds is 4. The van der Waals surface area contributed by atoms with Crippen molar-refractivity contribution in [2.24, 2.45) is 0 Å². The van der Waals surface area contributed by atoms with E-state index in [4.69, 9.17) is 0 Å². The van der Waals surface area contributed by atoms with Gasteiger partial charge in [-0.2, -0.15) is 13.2 Å². The number of urea groups is 1. The van der Waals surface area contributed by atoms with Crippen LogP contribution in [0.4, 0.5) is 33.7 Å². The molecule has 244 valence electrons. The molecule has 2 fully saturated rings. The van der Waals surface area contributed by atoms with Crippen LogP contribution in [0, 0.1) is 5.82 Å². The van der Waals surface area contributed by atoms with Crippen LogP contribution in [0.15, 0.2) is 35.3 Å². The van der Waals surface area contributed by atoms with Gasteiger partial charge in [-0.15, -0.1) is 0 Å². The van der Waals surface area contributed by atoms with Crippen molar-refractivity contribution in [2.45, 2.75) is 38.5 Å². The summed E-state index contributed by atoms with van der Waals surface area (Å²) in [5.41, 5.74) is -1.78. The number of benzene rings is 1. The number of likely N-dealkylation sites (N-methyl/N-ethyl adjacent to an activating group) is 2. The van der Waals surface area contributed by atoms with Crippen LogP contribution in [0.3, 0.4) is 0 Å². The molecular weight excluding hydrogens is 594 g/mol. The van der Waals surface area contributed by atoms with Gasteiger partial charge in [0.2, 0.25) is 5.56 Å². The first-order chi connectivity index (χ1) is 21.2. The minimum atomic E-state index is -4.94. The first-order valence-corrected chi connectivity index (χ1v) is 15.1. The standard InChI is InChI=1S/C31H39F4N7O3/c1-19-17-42(18-20(2)39(19)4)27-15-25(32)22(21-5-7-40(8-6-21)30(45)41-11-9-38(3)10-12-41)13-26(27)37-29(44)23-16-36-28(43)14-24(23)31(33,34)35/h5,13-16,19-20H,6-12,17-18H2,1-4H3,(H,36,43)(H,37,44)/t19-,20+. The molecule has 2 N–H and O–H groups in total. The Morgan fingerprint density at radius 2 is 1.62 bits per heavy atom. The molecule has 14 heteroatoms. The van der Waals surface area contributed by atoms with E-state index in [0.717, 1.165) is 19.3 Å². The van der Waals surface area contributed by atoms with Gasteiger partial charge in [-0.1, -0.05) is 6.08 Å². The minimum Gasteiger partial charge on any atom is -0.367 e. The molecule has 0 unspecified atom stereocenters. The van der Waals surface area contributed by atoms with E-state index in [1.54, 1.807) is 11.0 Å². The van der Waals surface area contributed by atoms with Crippen molar-refractivity contribution in [1.82, 2.24) is 24.6 Å². The quantitative estimate of drug-likeness (QED) is 0.498. The zero-order valence-corrected chi connectivity index (χ0v) is 25.9. The Hall–Kier alpha value is -3.91. The zero-order valence-electron chi connectivity index (χ0n) is 25.9. The third-order valence-corrected chi connectivity index (χ3v) is 9.11. The van der Waals surface area contributed by atoms with Crippen molar-refractivity contribution in [3.63, 3.8) is 0 Å². The van der Waals surface area contributed by atoms with E-state index < -0.39 is 34.6 Å². The lowest BCUT2D eigenvalue weighted by Crippen LogP contribution is -2.55. The highest BCUT2D eigenvalue weighted by Gasteiger charge is 2.37. The van der Waals surface area contributed by atoms with Gasteiger partial charge in [0.1, 0.15) is 5.82 Å². The average molecular weight is 634 g/mol. The molecule has 4 heterocycles. The maximum absolute atomic E-state index is 15.9. The molecule has 3 aliphatic rings. The second-order valence-electron chi connectivity index (χ2n) is 12.2. The van der Waals surface area contributed by atoms with Crippen molar-refractivity contribution in [2.75, 3.05) is 76.7 Å². The van der Waals surface area contributed by atoms with Crippen molar-refractivity contribution >= 4 is 28.9 Å². The molecule has 1 aromatic carbocycles. The molecular formula is C31H39F4N7O3. The monoisotopic (exact) mass is 633 g/mol. The number of aromatic amines is 1. The Balaban J connectivity index is 1.47. The number of H-pyrrole nitrogens is 1. The highest BCUT2D eigenvalue weighted by atomic mass is 19.4. The van der Waals surface area contributed by atoms with Crippen molar-refractivity contribution in [3.05, 3.63) is 63.3 Å². The Bertz CT molecular complexity index is 1520. The Labute approximate surface area is 259 Å². The number of halogens is 4. The van der Waals surface area contributed by atoms with Crippen LogP contribution in [0.5, 0.6) is 0 Å². The van der Waals surface area contributed by atoms with E-state index in [1.807, 2.05) is 37.7 Å². The third kappa shape index (κ3) is 7.01. The molecule has 2 aromatic rings. The Morgan fingerprint density at radius 1 is 0.956 bits per heavy atom. The van der Waals surface area contributed by atoms with E-state index in [2.05, 4.69) is 20.1 Å². The number of anilines is 2. The number of carbonyl (C=O) groups is 2. The number of piperazine rings is 2. The SMILES string of the molecule is C[C@@H]1CN(c2cc(F)c(C3=CCN(C(=O)N4CCN(C)CC4)CC3)cc2NC(=O)c2c[nH]c(=O)cc2C(F)(F)F)C[C@H](C)N1C. The molecule has 45 heavy (non-hydrogen) atoms. The molecule has 0 aliphatic carbocycles. The molecule has 0 saturated carbocycles. The fourth-order valence-electron chi connectivity index (χ4n) is 6.14. The van der Waals surface area contributed by atoms with Crippen LogP contribution < -0.4 is 15.8 Å². The summed E-state index contributed by atoms with van der Waals surface area (Å²) in [7, 11) is 4.00. The van der Waals surface area contributed by atoms with Crippen molar-refractivity contribution < 1.29 is 27.2 Å². The highest BCUT2D eigenvalue weighted by Crippen LogP contribution is 2.37. The summed E-state index contributed by atoms with van der Waals surface area (Å²) in [4.78, 5) is 50.0. The van der Waals surface area contributed by atoms with Crippen LogP contribution in [0.2, 0.25) is 0 Å². The molecule has 3 aliphatic heterocycles. The van der Waals surface area contributed by atoms with E-state index in [-0.39, 0.29) is 35.9 Å². The smallest absolute Gasteiger partial charge is 0.367 e. The van der Waals surface area contributed by atoms with Crippen molar-refractivity contribution in [1.29, 1.82) is 0 Å². The molecule has 5 rings (SSSR count). The van der Waals surface area contributed by atoms with Gasteiger partial charge in [0.05, 0.1) is 22.5 Å². The number of amides is 3. The molecule has 2 atom stereocenters. The zero-order chi connectivity index (χ0) is 32.6. The third-order valence-electron chi connectivity index (χ3n) is 9.11. The average Bonchev–Trinajstić information content (AvgIpc) is 3.00. The lowest BCUT2D eigenvalue weighted by atomic mass is 9.97. The van der Waals surface area contributed by atoms with E-state index in [0.29, 0.717) is 56.5 Å². The second kappa shape index (κ2) is 12.8. The minimum absolute atomic E-state index is 0.0677. The summed E-state index contributed by atoms with van der Waals surface area (Å²) in [6.07, 6.45) is -2.06. The molecule has 10 nitrogen and oxygen atoms in total. The van der Waals surface area contributed by atoms with Crippen LogP contribution in [-0.2, 0) is 6.18 Å². The van der Waals surface area contributed by atoms with Crippen LogP contribution in [-0.4, -0.2) is 115 Å². The van der Waals surface area contributed by atoms with Gasteiger partial charge < -0.3 is 29.9 Å². The normalized spacial score (nSPS) is 22.0. The number of nitrogens with zero attached hydrogens (tertiary/aromatic N) is 5. The predicted molar refractivity (Wildman–Crippen MR) is 164 cm³/mol. The summed E-state index contributed by atoms with van der Waals surface area (Å²) in [5, 5.41) is 2.59. The molecule has 0 spiro atoms. The topological polar surface area (TPSA) is 95.2 Å². The number of aromatic nitrogens is 1. The molecule has 0 radical (unpaired) electrons. The van der Waals surface area contributed by atoms with Crippen LogP contribution in [0.25, 0.3) is 5.57 Å². The summed E-state index contributed by atoms with van der Waals surface area (Å²) in [5.74, 6) is -1.62. The number of carbonyl (C=O) groups excluding carboxylic acids is 2. The first-order valence-electron chi connectivity index (χ1n) is 15.1. The number of hydrogen-bond acceptors (Lipinski definition) is 6. The van der Waals surface area contributed by atoms with Crippen molar-refractivity contribution in [3.8, 4) is 0 Å². The van der Waals surface area contributed by atoms with Gasteiger partial charge in [0.25, 0.3) is 5.91 Å². The van der Waals surface area contributed by atoms with Gasteiger partial charge in [-0.25, -0.2) is 9.18 Å². The van der Waals surface area contributed by atoms with Gasteiger partial charge >= 0.3 is 12.2 Å². The molecule has 1 aromatic heterocycles. The second-order valence-corrected chi connectivity index (χ2v) is 12.2. The number of hydrogen-bond donors (Lipinski definition) is 2. The Kier molecular flexibility index (Phi) is 9.26. The fraction of sp³-hybridized carbons (Fsp3) is 0.516. The maximum Gasteiger partial charge on any atom is 0.417 e. The van der Waals surface area contributed by atoms with Gasteiger partial charge in [-0.05, 0) is 52.1 Å². The highest BCUT2D eigenvalue weighted by molar-refractivity contribution is 6.07. The van der Waals surface area contributed by atoms with Gasteiger partial charge in [-0.3, -0.25) is 14.5 Å². The summed E-state index contributed by atoms with van der Waals surface area (Å²) < 4.78 is 57.2. The summed E-state index contributed by atoms with van der Waals surface area (Å²) >= 11 is 0. The molecule has 2 saturated heterocycles. The Morgan fingerprint density at radius 3 is 2.22 bits per heavy atom. The summed E-state index contributed by atoms with van der Waals surface area (Å²) in [6.45, 7) is 8.55. The maximum atomic E-state index is 15.9. The van der Waals surface area contributed by atoms with Gasteiger partial charge in [0, 0.05) is 82.3 Å². The predicted octanol–water partition coefficient (Wildman–Crippen LogP) is 3.77. The van der Waals surface area contributed by atoms with E-state index >= 15 is 4.39 Å². The number of alkyl halides is 3. The number of nitrogens with one attached hydrogen (secondary N) is 2. The van der Waals surface area contributed by atoms with Gasteiger partial charge in [0.15, 0.2) is 0 Å². The summed E-state index contributed by atoms with van der Waals surface area (Å²) in [6, 6.07) is 3.22. The fourth-order valence-corrected chi connectivity index (χ4v) is 6.14. The van der Waals surface area contributed by atoms with Crippen LogP contribution >= 0.6 is 0 Å². The lowest BCUT2D eigenvalue weighted by molar-refractivity contribution is -0.138. The molecule has 3 amide bonds. The number of pyridine rings is 1. The largest absolute Gasteiger partial charge is 0.417 e.